The Kier molecular flexibility index (Phi) is 3.97. The molecule has 2 aromatic heterocycles. The lowest BCUT2D eigenvalue weighted by Crippen LogP contribution is -2.25. The molecule has 3 aromatic rings. The molecule has 0 atom stereocenters. The predicted molar refractivity (Wildman–Crippen MR) is 92.0 cm³/mol. The second-order valence-electron chi connectivity index (χ2n) is 6.65. The molecule has 0 spiro atoms. The van der Waals surface area contributed by atoms with Gasteiger partial charge in [-0.3, -0.25) is 4.79 Å². The molecule has 0 unspecified atom stereocenters. The van der Waals surface area contributed by atoms with Crippen molar-refractivity contribution >= 4 is 22.8 Å². The summed E-state index contributed by atoms with van der Waals surface area (Å²) in [6.07, 6.45) is 1.55. The summed E-state index contributed by atoms with van der Waals surface area (Å²) in [6, 6.07) is 11.0. The third-order valence-corrected chi connectivity index (χ3v) is 3.76. The molecule has 24 heavy (non-hydrogen) atoms. The molecule has 0 fully saturated rings. The summed E-state index contributed by atoms with van der Waals surface area (Å²) >= 11 is 0. The maximum atomic E-state index is 12.2. The van der Waals surface area contributed by atoms with Gasteiger partial charge in [-0.05, 0) is 35.2 Å². The zero-order valence-electron chi connectivity index (χ0n) is 13.9. The number of rotatable bonds is 3. The Morgan fingerprint density at radius 2 is 1.92 bits per heavy atom. The van der Waals surface area contributed by atoms with Gasteiger partial charge in [0.25, 0.3) is 0 Å². The quantitative estimate of drug-likeness (QED) is 0.803. The van der Waals surface area contributed by atoms with Crippen molar-refractivity contribution in [3.8, 4) is 0 Å². The first kappa shape index (κ1) is 16.0. The molecule has 0 aliphatic rings. The van der Waals surface area contributed by atoms with Gasteiger partial charge >= 0.3 is 5.76 Å². The van der Waals surface area contributed by atoms with Crippen LogP contribution in [0, 0.1) is 0 Å². The van der Waals surface area contributed by atoms with Crippen molar-refractivity contribution in [2.45, 2.75) is 32.7 Å². The number of oxazole rings is 1. The molecule has 6 heteroatoms. The zero-order chi connectivity index (χ0) is 17.3. The first-order valence-corrected chi connectivity index (χ1v) is 7.69. The van der Waals surface area contributed by atoms with E-state index in [1.54, 1.807) is 18.3 Å². The normalized spacial score (nSPS) is 11.6. The van der Waals surface area contributed by atoms with Gasteiger partial charge in [0, 0.05) is 11.9 Å². The van der Waals surface area contributed by atoms with Crippen LogP contribution in [0.1, 0.15) is 26.3 Å². The lowest BCUT2D eigenvalue weighted by molar-refractivity contribution is -0.116. The van der Waals surface area contributed by atoms with Crippen molar-refractivity contribution < 1.29 is 9.21 Å². The highest BCUT2D eigenvalue weighted by atomic mass is 16.4. The van der Waals surface area contributed by atoms with Crippen molar-refractivity contribution in [3.63, 3.8) is 0 Å². The Hall–Kier alpha value is -2.89. The van der Waals surface area contributed by atoms with Crippen LogP contribution in [0.2, 0.25) is 0 Å². The summed E-state index contributed by atoms with van der Waals surface area (Å²) in [5.74, 6) is -0.907. The fraction of sp³-hybridized carbons (Fsp3) is 0.278. The van der Waals surface area contributed by atoms with Gasteiger partial charge in [0.2, 0.25) is 5.91 Å². The largest absolute Gasteiger partial charge is 0.421 e. The fourth-order valence-electron chi connectivity index (χ4n) is 2.44. The molecule has 0 bridgehead atoms. The molecular weight excluding hydrogens is 306 g/mol. The van der Waals surface area contributed by atoms with Gasteiger partial charge < -0.3 is 9.73 Å². The summed E-state index contributed by atoms with van der Waals surface area (Å²) in [7, 11) is 0. The summed E-state index contributed by atoms with van der Waals surface area (Å²) < 4.78 is 6.28. The van der Waals surface area contributed by atoms with E-state index in [1.807, 2.05) is 24.3 Å². The van der Waals surface area contributed by atoms with E-state index in [9.17, 15) is 9.59 Å². The maximum Gasteiger partial charge on any atom is 0.421 e. The molecule has 1 aromatic carbocycles. The van der Waals surface area contributed by atoms with Crippen LogP contribution in [0.5, 0.6) is 0 Å². The first-order chi connectivity index (χ1) is 11.3. The lowest BCUT2D eigenvalue weighted by atomic mass is 9.87. The van der Waals surface area contributed by atoms with Crippen LogP contribution in [0.25, 0.3) is 11.2 Å². The first-order valence-electron chi connectivity index (χ1n) is 7.69. The van der Waals surface area contributed by atoms with Crippen LogP contribution in [0.4, 0.5) is 5.69 Å². The minimum Gasteiger partial charge on any atom is -0.406 e. The molecule has 1 amide bonds. The predicted octanol–water partition coefficient (Wildman–Crippen LogP) is 2.93. The van der Waals surface area contributed by atoms with Gasteiger partial charge in [0.15, 0.2) is 11.2 Å². The molecule has 3 rings (SSSR count). The maximum absolute atomic E-state index is 12.2. The van der Waals surface area contributed by atoms with E-state index in [2.05, 4.69) is 31.1 Å². The Balaban J connectivity index is 1.76. The Bertz CT molecular complexity index is 931. The van der Waals surface area contributed by atoms with E-state index >= 15 is 0 Å². The van der Waals surface area contributed by atoms with Gasteiger partial charge in [0.1, 0.15) is 6.54 Å². The number of anilines is 1. The van der Waals surface area contributed by atoms with Crippen molar-refractivity contribution in [2.75, 3.05) is 5.32 Å². The molecule has 0 aliphatic heterocycles. The van der Waals surface area contributed by atoms with Crippen molar-refractivity contribution in [1.29, 1.82) is 0 Å². The van der Waals surface area contributed by atoms with Crippen LogP contribution < -0.4 is 11.1 Å². The average Bonchev–Trinajstić information content (AvgIpc) is 2.83. The number of nitrogens with zero attached hydrogens (tertiary/aromatic N) is 2. The highest BCUT2D eigenvalue weighted by Crippen LogP contribution is 2.23. The minimum atomic E-state index is -0.595. The average molecular weight is 325 g/mol. The Morgan fingerprint density at radius 1 is 1.21 bits per heavy atom. The number of nitrogens with one attached hydrogen (secondary N) is 1. The third-order valence-electron chi connectivity index (χ3n) is 3.76. The van der Waals surface area contributed by atoms with Crippen LogP contribution in [0.3, 0.4) is 0 Å². The number of hydrogen-bond donors (Lipinski definition) is 1. The molecule has 0 aliphatic carbocycles. The number of hydrogen-bond acceptors (Lipinski definition) is 4. The molecule has 6 nitrogen and oxygen atoms in total. The van der Waals surface area contributed by atoms with Crippen molar-refractivity contribution in [1.82, 2.24) is 9.55 Å². The van der Waals surface area contributed by atoms with Crippen LogP contribution in [-0.4, -0.2) is 15.5 Å². The number of pyridine rings is 1. The number of fused-ring (bicyclic) bond motifs is 1. The van der Waals surface area contributed by atoms with Crippen molar-refractivity contribution in [2.24, 2.45) is 0 Å². The molecule has 124 valence electrons. The standard InChI is InChI=1S/C18H19N3O3/c1-18(2,3)12-6-8-13(9-7-12)20-15(22)11-21-16-14(24-17(21)23)5-4-10-19-16/h4-10H,11H2,1-3H3,(H,20,22). The zero-order valence-corrected chi connectivity index (χ0v) is 13.9. The summed E-state index contributed by atoms with van der Waals surface area (Å²) in [6.45, 7) is 6.24. The van der Waals surface area contributed by atoms with Gasteiger partial charge in [-0.2, -0.15) is 0 Å². The van der Waals surface area contributed by atoms with E-state index in [-0.39, 0.29) is 17.9 Å². The molecule has 0 saturated heterocycles. The van der Waals surface area contributed by atoms with Gasteiger partial charge in [-0.25, -0.2) is 14.3 Å². The number of aromatic nitrogens is 2. The number of amides is 1. The molecule has 2 heterocycles. The van der Waals surface area contributed by atoms with Crippen LogP contribution in [0.15, 0.2) is 51.8 Å². The van der Waals surface area contributed by atoms with Gasteiger partial charge in [-0.1, -0.05) is 32.9 Å². The third kappa shape index (κ3) is 3.22. The lowest BCUT2D eigenvalue weighted by Gasteiger charge is -2.19. The van der Waals surface area contributed by atoms with E-state index in [0.717, 1.165) is 0 Å². The molecule has 1 N–H and O–H groups in total. The molecule has 0 radical (unpaired) electrons. The number of carbonyl (C=O) groups is 1. The highest BCUT2D eigenvalue weighted by molar-refractivity contribution is 5.91. The second-order valence-corrected chi connectivity index (χ2v) is 6.65. The summed E-state index contributed by atoms with van der Waals surface area (Å²) in [5.41, 5.74) is 2.64. The van der Waals surface area contributed by atoms with E-state index in [0.29, 0.717) is 16.9 Å². The van der Waals surface area contributed by atoms with E-state index in [1.165, 1.54) is 10.1 Å². The minimum absolute atomic E-state index is 0.0528. The fourth-order valence-corrected chi connectivity index (χ4v) is 2.44. The van der Waals surface area contributed by atoms with E-state index < -0.39 is 5.76 Å². The number of benzene rings is 1. The topological polar surface area (TPSA) is 77.1 Å². The van der Waals surface area contributed by atoms with Gasteiger partial charge in [-0.15, -0.1) is 0 Å². The highest BCUT2D eigenvalue weighted by Gasteiger charge is 2.15. The number of carbonyl (C=O) groups excluding carboxylic acids is 1. The molecule has 0 saturated carbocycles. The smallest absolute Gasteiger partial charge is 0.406 e. The van der Waals surface area contributed by atoms with Crippen LogP contribution >= 0.6 is 0 Å². The Labute approximate surface area is 139 Å². The Morgan fingerprint density at radius 3 is 2.58 bits per heavy atom. The van der Waals surface area contributed by atoms with E-state index in [4.69, 9.17) is 4.42 Å². The van der Waals surface area contributed by atoms with Gasteiger partial charge in [0.05, 0.1) is 0 Å². The summed E-state index contributed by atoms with van der Waals surface area (Å²) in [4.78, 5) is 28.2. The second kappa shape index (κ2) is 5.96. The SMILES string of the molecule is CC(C)(C)c1ccc(NC(=O)Cn2c(=O)oc3cccnc32)cc1. The van der Waals surface area contributed by atoms with Crippen molar-refractivity contribution in [3.05, 3.63) is 58.7 Å². The summed E-state index contributed by atoms with van der Waals surface area (Å²) in [5, 5.41) is 2.78. The monoisotopic (exact) mass is 325 g/mol. The molecular formula is C18H19N3O3. The van der Waals surface area contributed by atoms with Crippen LogP contribution in [-0.2, 0) is 16.8 Å².